The van der Waals surface area contributed by atoms with Crippen LogP contribution in [0.1, 0.15) is 6.42 Å². The van der Waals surface area contributed by atoms with Crippen molar-refractivity contribution in [3.05, 3.63) is 42.9 Å². The van der Waals surface area contributed by atoms with Crippen molar-refractivity contribution in [3.63, 3.8) is 0 Å². The zero-order chi connectivity index (χ0) is 19.3. The Hall–Kier alpha value is -3.33. The second-order valence-electron chi connectivity index (χ2n) is 6.29. The molecule has 3 heterocycles. The molecule has 0 radical (unpaired) electrons. The molecular formula is C19H19N5O4. The second kappa shape index (κ2) is 8.13. The number of hydrogen-bond acceptors (Lipinski definition) is 8. The molecule has 0 unspecified atom stereocenters. The zero-order valence-electron chi connectivity index (χ0n) is 15.3. The molecule has 28 heavy (non-hydrogen) atoms. The van der Waals surface area contributed by atoms with E-state index < -0.39 is 0 Å². The second-order valence-corrected chi connectivity index (χ2v) is 6.29. The fraction of sp³-hybridized carbons (Fsp3) is 0.316. The number of ether oxygens (including phenoxy) is 2. The minimum Gasteiger partial charge on any atom is -0.486 e. The lowest BCUT2D eigenvalue weighted by molar-refractivity contribution is -0.140. The van der Waals surface area contributed by atoms with Gasteiger partial charge in [0.05, 0.1) is 37.9 Å². The highest BCUT2D eigenvalue weighted by atomic mass is 16.5. The third-order valence-corrected chi connectivity index (χ3v) is 4.35. The summed E-state index contributed by atoms with van der Waals surface area (Å²) in [6.07, 6.45) is 5.02. The van der Waals surface area contributed by atoms with Crippen LogP contribution in [0.15, 0.2) is 47.4 Å². The number of carbonyl (C=O) groups is 1. The van der Waals surface area contributed by atoms with Gasteiger partial charge >= 0.3 is 0 Å². The zero-order valence-corrected chi connectivity index (χ0v) is 15.3. The maximum atomic E-state index is 12.0. The Labute approximate surface area is 161 Å². The van der Waals surface area contributed by atoms with Crippen LogP contribution in [-0.4, -0.2) is 63.8 Å². The number of para-hydroxylation sites is 1. The van der Waals surface area contributed by atoms with E-state index in [1.54, 1.807) is 30.6 Å². The molecule has 1 aliphatic rings. The smallest absolute Gasteiger partial charge is 0.262 e. The number of benzene rings is 1. The molecule has 0 saturated carbocycles. The fourth-order valence-electron chi connectivity index (χ4n) is 2.84. The molecule has 0 aliphatic carbocycles. The summed E-state index contributed by atoms with van der Waals surface area (Å²) in [7, 11) is 1.58. The predicted molar refractivity (Wildman–Crippen MR) is 98.2 cm³/mol. The predicted octanol–water partition coefficient (Wildman–Crippen LogP) is 1.82. The van der Waals surface area contributed by atoms with Gasteiger partial charge in [-0.3, -0.25) is 9.78 Å². The van der Waals surface area contributed by atoms with Gasteiger partial charge < -0.3 is 18.9 Å². The first-order chi connectivity index (χ1) is 13.7. The number of nitrogens with zero attached hydrogens (tertiary/aromatic N) is 5. The summed E-state index contributed by atoms with van der Waals surface area (Å²) in [5, 5.41) is 3.97. The first kappa shape index (κ1) is 18.1. The number of methoxy groups -OCH3 is 1. The van der Waals surface area contributed by atoms with Gasteiger partial charge in [0.1, 0.15) is 17.5 Å². The summed E-state index contributed by atoms with van der Waals surface area (Å²) in [5.41, 5.74) is 1.22. The maximum Gasteiger partial charge on any atom is 0.262 e. The van der Waals surface area contributed by atoms with Gasteiger partial charge in [0.15, 0.2) is 0 Å². The van der Waals surface area contributed by atoms with Gasteiger partial charge in [0, 0.05) is 19.5 Å². The molecule has 4 rings (SSSR count). The van der Waals surface area contributed by atoms with Gasteiger partial charge in [-0.05, 0) is 12.1 Å². The fourth-order valence-corrected chi connectivity index (χ4v) is 2.84. The van der Waals surface area contributed by atoms with E-state index in [4.69, 9.17) is 14.0 Å². The first-order valence-corrected chi connectivity index (χ1v) is 8.87. The normalized spacial score (nSPS) is 14.0. The number of rotatable bonds is 7. The van der Waals surface area contributed by atoms with Gasteiger partial charge in [-0.2, -0.15) is 4.98 Å². The Bertz CT molecular complexity index is 940. The van der Waals surface area contributed by atoms with Crippen molar-refractivity contribution in [3.8, 4) is 28.7 Å². The molecule has 1 saturated heterocycles. The van der Waals surface area contributed by atoms with Gasteiger partial charge in [-0.15, -0.1) is 0 Å². The molecule has 0 spiro atoms. The van der Waals surface area contributed by atoms with Crippen molar-refractivity contribution < 1.29 is 18.8 Å². The molecule has 1 aromatic carbocycles. The van der Waals surface area contributed by atoms with Crippen molar-refractivity contribution in [2.24, 2.45) is 0 Å². The molecule has 0 N–H and O–H groups in total. The van der Waals surface area contributed by atoms with Crippen LogP contribution < -0.4 is 4.74 Å². The number of carbonyl (C=O) groups excluding carboxylic acids is 1. The van der Waals surface area contributed by atoms with E-state index in [0.717, 1.165) is 0 Å². The maximum absolute atomic E-state index is 12.0. The summed E-state index contributed by atoms with van der Waals surface area (Å²) >= 11 is 0. The molecule has 0 bridgehead atoms. The molecule has 1 fully saturated rings. The van der Waals surface area contributed by atoms with E-state index in [-0.39, 0.29) is 12.0 Å². The summed E-state index contributed by atoms with van der Waals surface area (Å²) in [4.78, 5) is 26.3. The summed E-state index contributed by atoms with van der Waals surface area (Å²) in [5.74, 6) is 1.39. The lowest BCUT2D eigenvalue weighted by atomic mass is 10.1. The Morgan fingerprint density at radius 2 is 2.14 bits per heavy atom. The quantitative estimate of drug-likeness (QED) is 0.610. The Morgan fingerprint density at radius 1 is 1.29 bits per heavy atom. The van der Waals surface area contributed by atoms with Crippen molar-refractivity contribution in [2.75, 3.05) is 26.8 Å². The molecule has 9 nitrogen and oxygen atoms in total. The molecule has 0 atom stereocenters. The summed E-state index contributed by atoms with van der Waals surface area (Å²) in [6, 6.07) is 7.44. The Morgan fingerprint density at radius 3 is 2.93 bits per heavy atom. The minimum atomic E-state index is -0.0740. The largest absolute Gasteiger partial charge is 0.486 e. The summed E-state index contributed by atoms with van der Waals surface area (Å²) in [6.45, 7) is 1.52. The third-order valence-electron chi connectivity index (χ3n) is 4.35. The van der Waals surface area contributed by atoms with Gasteiger partial charge in [0.2, 0.25) is 11.7 Å². The van der Waals surface area contributed by atoms with Crippen molar-refractivity contribution in [1.29, 1.82) is 0 Å². The SMILES string of the molecule is COCCC(=O)N1CC(Oc2ccccc2-c2nc(-c3cnccn3)no2)C1. The van der Waals surface area contributed by atoms with E-state index in [1.165, 1.54) is 0 Å². The van der Waals surface area contributed by atoms with E-state index >= 15 is 0 Å². The van der Waals surface area contributed by atoms with Gasteiger partial charge in [-0.25, -0.2) is 4.98 Å². The average molecular weight is 381 g/mol. The highest BCUT2D eigenvalue weighted by Gasteiger charge is 2.32. The lowest BCUT2D eigenvalue weighted by Gasteiger charge is -2.39. The van der Waals surface area contributed by atoms with E-state index in [1.807, 2.05) is 24.3 Å². The Kier molecular flexibility index (Phi) is 5.24. The molecule has 1 aliphatic heterocycles. The van der Waals surface area contributed by atoms with Crippen molar-refractivity contribution in [2.45, 2.75) is 12.5 Å². The number of likely N-dealkylation sites (tertiary alicyclic amines) is 1. The molecular weight excluding hydrogens is 362 g/mol. The lowest BCUT2D eigenvalue weighted by Crippen LogP contribution is -2.56. The number of aromatic nitrogens is 4. The standard InChI is InChI=1S/C19H19N5O4/c1-26-9-6-17(25)24-11-13(12-24)27-16-5-3-2-4-14(16)19-22-18(23-28-19)15-10-20-7-8-21-15/h2-5,7-8,10,13H,6,9,11-12H2,1H3. The summed E-state index contributed by atoms with van der Waals surface area (Å²) < 4.78 is 16.4. The van der Waals surface area contributed by atoms with Crippen LogP contribution >= 0.6 is 0 Å². The van der Waals surface area contributed by atoms with Crippen LogP contribution in [0.5, 0.6) is 5.75 Å². The van der Waals surface area contributed by atoms with Crippen LogP contribution in [-0.2, 0) is 9.53 Å². The van der Waals surface area contributed by atoms with Gasteiger partial charge in [0.25, 0.3) is 5.89 Å². The van der Waals surface area contributed by atoms with Crippen LogP contribution in [0.3, 0.4) is 0 Å². The average Bonchev–Trinajstić information content (AvgIpc) is 3.19. The van der Waals surface area contributed by atoms with Crippen LogP contribution in [0, 0.1) is 0 Å². The number of amides is 1. The monoisotopic (exact) mass is 381 g/mol. The highest BCUT2D eigenvalue weighted by Crippen LogP contribution is 2.31. The molecule has 9 heteroatoms. The van der Waals surface area contributed by atoms with E-state index in [0.29, 0.717) is 54.8 Å². The Balaban J connectivity index is 1.44. The molecule has 2 aromatic heterocycles. The van der Waals surface area contributed by atoms with E-state index in [9.17, 15) is 4.79 Å². The van der Waals surface area contributed by atoms with E-state index in [2.05, 4.69) is 20.1 Å². The van der Waals surface area contributed by atoms with Crippen molar-refractivity contribution >= 4 is 5.91 Å². The number of hydrogen-bond donors (Lipinski definition) is 0. The van der Waals surface area contributed by atoms with Crippen LogP contribution in [0.4, 0.5) is 0 Å². The van der Waals surface area contributed by atoms with Crippen LogP contribution in [0.25, 0.3) is 23.0 Å². The molecule has 1 amide bonds. The molecule has 144 valence electrons. The molecule has 3 aromatic rings. The first-order valence-electron chi connectivity index (χ1n) is 8.87. The minimum absolute atomic E-state index is 0.0699. The highest BCUT2D eigenvalue weighted by molar-refractivity contribution is 5.77. The van der Waals surface area contributed by atoms with Crippen LogP contribution in [0.2, 0.25) is 0 Å². The van der Waals surface area contributed by atoms with Gasteiger partial charge in [-0.1, -0.05) is 17.3 Å². The van der Waals surface area contributed by atoms with Crippen molar-refractivity contribution in [1.82, 2.24) is 25.0 Å². The third kappa shape index (κ3) is 3.84. The topological polar surface area (TPSA) is 103 Å².